The lowest BCUT2D eigenvalue weighted by Crippen LogP contribution is -1.97. The van der Waals surface area contributed by atoms with E-state index in [-0.39, 0.29) is 5.82 Å². The fourth-order valence-corrected chi connectivity index (χ4v) is 3.52. The van der Waals surface area contributed by atoms with Crippen molar-refractivity contribution in [1.82, 2.24) is 14.8 Å². The van der Waals surface area contributed by atoms with E-state index in [0.29, 0.717) is 17.1 Å². The van der Waals surface area contributed by atoms with Crippen molar-refractivity contribution in [2.24, 2.45) is 7.05 Å². The molecular weight excluding hydrogens is 393 g/mol. The molecule has 0 atom stereocenters. The maximum atomic E-state index is 13.9. The molecule has 0 spiro atoms. The minimum atomic E-state index is -0.232. The van der Waals surface area contributed by atoms with Gasteiger partial charge in [-0.1, -0.05) is 45.9 Å². The van der Waals surface area contributed by atoms with Crippen LogP contribution in [0.3, 0.4) is 0 Å². The third kappa shape index (κ3) is 3.47. The van der Waals surface area contributed by atoms with Gasteiger partial charge in [-0.15, -0.1) is 10.2 Å². The smallest absolute Gasteiger partial charge is 0.191 e. The fraction of sp³-hybridized carbons (Fsp3) is 0.176. The Morgan fingerprint density at radius 1 is 1.21 bits per heavy atom. The Morgan fingerprint density at radius 3 is 2.75 bits per heavy atom. The Hall–Kier alpha value is -1.86. The number of hydrogen-bond acceptors (Lipinski definition) is 4. The van der Waals surface area contributed by atoms with E-state index >= 15 is 0 Å². The van der Waals surface area contributed by atoms with Crippen molar-refractivity contribution in [1.29, 1.82) is 0 Å². The summed E-state index contributed by atoms with van der Waals surface area (Å²) in [6.07, 6.45) is 0. The van der Waals surface area contributed by atoms with Crippen molar-refractivity contribution < 1.29 is 9.13 Å². The summed E-state index contributed by atoms with van der Waals surface area (Å²) < 4.78 is 21.9. The van der Waals surface area contributed by atoms with Crippen molar-refractivity contribution in [3.63, 3.8) is 0 Å². The summed E-state index contributed by atoms with van der Waals surface area (Å²) in [5.41, 5.74) is 1.50. The predicted molar refractivity (Wildman–Crippen MR) is 96.7 cm³/mol. The average Bonchev–Trinajstić information content (AvgIpc) is 2.94. The lowest BCUT2D eigenvalue weighted by atomic mass is 10.2. The summed E-state index contributed by atoms with van der Waals surface area (Å²) in [4.78, 5) is 0. The van der Waals surface area contributed by atoms with Crippen LogP contribution < -0.4 is 4.74 Å². The van der Waals surface area contributed by atoms with Crippen LogP contribution in [0.4, 0.5) is 4.39 Å². The molecule has 0 radical (unpaired) electrons. The number of halogens is 2. The zero-order chi connectivity index (χ0) is 17.1. The van der Waals surface area contributed by atoms with Crippen LogP contribution in [0.1, 0.15) is 5.56 Å². The third-order valence-corrected chi connectivity index (χ3v) is 5.12. The van der Waals surface area contributed by atoms with Gasteiger partial charge in [-0.05, 0) is 29.8 Å². The Bertz CT molecular complexity index is 869. The van der Waals surface area contributed by atoms with E-state index in [2.05, 4.69) is 26.1 Å². The normalized spacial score (nSPS) is 10.8. The predicted octanol–water partition coefficient (Wildman–Crippen LogP) is 4.68. The van der Waals surface area contributed by atoms with Gasteiger partial charge in [0.15, 0.2) is 11.0 Å². The lowest BCUT2D eigenvalue weighted by molar-refractivity contribution is 0.416. The highest BCUT2D eigenvalue weighted by atomic mass is 79.9. The van der Waals surface area contributed by atoms with Gasteiger partial charge in [0, 0.05) is 17.3 Å². The Kier molecular flexibility index (Phi) is 5.20. The van der Waals surface area contributed by atoms with E-state index in [4.69, 9.17) is 4.74 Å². The molecule has 4 nitrogen and oxygen atoms in total. The number of methoxy groups -OCH3 is 1. The van der Waals surface area contributed by atoms with Gasteiger partial charge in [-0.25, -0.2) is 4.39 Å². The number of benzene rings is 2. The van der Waals surface area contributed by atoms with Crippen LogP contribution in [0.5, 0.6) is 5.75 Å². The second-order valence-electron chi connectivity index (χ2n) is 5.09. The highest BCUT2D eigenvalue weighted by Gasteiger charge is 2.15. The number of para-hydroxylation sites is 1. The minimum absolute atomic E-state index is 0.232. The van der Waals surface area contributed by atoms with Gasteiger partial charge in [0.25, 0.3) is 0 Å². The zero-order valence-corrected chi connectivity index (χ0v) is 15.6. The summed E-state index contributed by atoms with van der Waals surface area (Å²) in [6, 6.07) is 12.7. The van der Waals surface area contributed by atoms with Crippen LogP contribution in [-0.4, -0.2) is 21.9 Å². The minimum Gasteiger partial charge on any atom is -0.496 e. The SMILES string of the molecule is COc1ccccc1-c1nnc(SCc2ccc(Br)cc2F)n1C. The van der Waals surface area contributed by atoms with Crippen LogP contribution in [0, 0.1) is 5.82 Å². The van der Waals surface area contributed by atoms with Gasteiger partial charge in [0.1, 0.15) is 11.6 Å². The van der Waals surface area contributed by atoms with Gasteiger partial charge < -0.3 is 9.30 Å². The molecule has 124 valence electrons. The van der Waals surface area contributed by atoms with Crippen LogP contribution in [0.2, 0.25) is 0 Å². The monoisotopic (exact) mass is 407 g/mol. The van der Waals surface area contributed by atoms with E-state index in [1.54, 1.807) is 13.2 Å². The van der Waals surface area contributed by atoms with E-state index < -0.39 is 0 Å². The van der Waals surface area contributed by atoms with Crippen LogP contribution >= 0.6 is 27.7 Å². The first-order valence-corrected chi connectivity index (χ1v) is 8.97. The van der Waals surface area contributed by atoms with Crippen LogP contribution in [0.25, 0.3) is 11.4 Å². The highest BCUT2D eigenvalue weighted by molar-refractivity contribution is 9.10. The van der Waals surface area contributed by atoms with Gasteiger partial charge in [-0.2, -0.15) is 0 Å². The highest BCUT2D eigenvalue weighted by Crippen LogP contribution is 2.31. The summed E-state index contributed by atoms with van der Waals surface area (Å²) in [7, 11) is 3.52. The van der Waals surface area contributed by atoms with Crippen LogP contribution in [-0.2, 0) is 12.8 Å². The number of hydrogen-bond donors (Lipinski definition) is 0. The summed E-state index contributed by atoms with van der Waals surface area (Å²) in [5.74, 6) is 1.70. The van der Waals surface area contributed by atoms with Gasteiger partial charge in [0.05, 0.1) is 12.7 Å². The summed E-state index contributed by atoms with van der Waals surface area (Å²) in [5, 5.41) is 9.19. The van der Waals surface area contributed by atoms with Crippen molar-refractivity contribution in [3.05, 3.63) is 58.3 Å². The quantitative estimate of drug-likeness (QED) is 0.575. The van der Waals surface area contributed by atoms with Gasteiger partial charge in [0.2, 0.25) is 0 Å². The first-order valence-electron chi connectivity index (χ1n) is 7.19. The molecule has 1 heterocycles. The summed E-state index contributed by atoms with van der Waals surface area (Å²) >= 11 is 4.70. The molecule has 0 fully saturated rings. The molecule has 7 heteroatoms. The van der Waals surface area contributed by atoms with Crippen molar-refractivity contribution in [2.75, 3.05) is 7.11 Å². The van der Waals surface area contributed by atoms with Gasteiger partial charge >= 0.3 is 0 Å². The molecular formula is C17H15BrFN3OS. The standard InChI is InChI=1S/C17H15BrFN3OS/c1-22-16(13-5-3-4-6-15(13)23-2)20-21-17(22)24-10-11-7-8-12(18)9-14(11)19/h3-9H,10H2,1-2H3. The molecule has 0 aliphatic heterocycles. The third-order valence-electron chi connectivity index (χ3n) is 3.55. The molecule has 0 amide bonds. The Morgan fingerprint density at radius 2 is 2.00 bits per heavy atom. The molecule has 0 unspecified atom stereocenters. The molecule has 0 aliphatic carbocycles. The number of ether oxygens (including phenoxy) is 1. The number of nitrogens with zero attached hydrogens (tertiary/aromatic N) is 3. The van der Waals surface area contributed by atoms with Crippen LogP contribution in [0.15, 0.2) is 52.1 Å². The molecule has 3 rings (SSSR count). The molecule has 0 saturated carbocycles. The lowest BCUT2D eigenvalue weighted by Gasteiger charge is -2.08. The van der Waals surface area contributed by atoms with E-state index in [1.807, 2.05) is 41.9 Å². The van der Waals surface area contributed by atoms with E-state index in [9.17, 15) is 4.39 Å². The number of rotatable bonds is 5. The zero-order valence-electron chi connectivity index (χ0n) is 13.2. The van der Waals surface area contributed by atoms with E-state index in [0.717, 1.165) is 20.9 Å². The number of aromatic nitrogens is 3. The molecule has 0 N–H and O–H groups in total. The van der Waals surface area contributed by atoms with Gasteiger partial charge in [-0.3, -0.25) is 0 Å². The largest absolute Gasteiger partial charge is 0.496 e. The van der Waals surface area contributed by atoms with Crippen molar-refractivity contribution in [2.45, 2.75) is 10.9 Å². The topological polar surface area (TPSA) is 39.9 Å². The maximum Gasteiger partial charge on any atom is 0.191 e. The van der Waals surface area contributed by atoms with E-state index in [1.165, 1.54) is 17.8 Å². The summed E-state index contributed by atoms with van der Waals surface area (Å²) in [6.45, 7) is 0. The second-order valence-corrected chi connectivity index (χ2v) is 6.95. The van der Waals surface area contributed by atoms with Crippen molar-refractivity contribution in [3.8, 4) is 17.1 Å². The Labute approximate surface area is 152 Å². The molecule has 24 heavy (non-hydrogen) atoms. The fourth-order valence-electron chi connectivity index (χ4n) is 2.29. The molecule has 3 aromatic rings. The number of thioether (sulfide) groups is 1. The molecule has 0 bridgehead atoms. The molecule has 1 aromatic heterocycles. The maximum absolute atomic E-state index is 13.9. The molecule has 2 aromatic carbocycles. The first kappa shape index (κ1) is 17.0. The second kappa shape index (κ2) is 7.36. The molecule has 0 aliphatic rings. The molecule has 0 saturated heterocycles. The average molecular weight is 408 g/mol. The first-order chi connectivity index (χ1) is 11.6. The Balaban J connectivity index is 1.83. The van der Waals surface area contributed by atoms with Crippen molar-refractivity contribution >= 4 is 27.7 Å².